The molecule has 3 heteroatoms. The van der Waals surface area contributed by atoms with E-state index in [0.29, 0.717) is 6.54 Å². The molecule has 1 unspecified atom stereocenters. The van der Waals surface area contributed by atoms with Crippen LogP contribution in [0.2, 0.25) is 0 Å². The number of nitrogens with one attached hydrogen (secondary N) is 1. The number of carbonyl (C=O) groups is 1. The van der Waals surface area contributed by atoms with Gasteiger partial charge < -0.3 is 10.2 Å². The Balaban J connectivity index is 1.39. The molecular formula is C22H26N2O. The molecule has 3 nitrogen and oxygen atoms in total. The summed E-state index contributed by atoms with van der Waals surface area (Å²) in [5.74, 6) is 0.245. The average molecular weight is 334 g/mol. The lowest BCUT2D eigenvalue weighted by Gasteiger charge is -2.26. The summed E-state index contributed by atoms with van der Waals surface area (Å²) in [4.78, 5) is 15.3. The Morgan fingerprint density at radius 1 is 1.00 bits per heavy atom. The van der Waals surface area contributed by atoms with E-state index in [4.69, 9.17) is 0 Å². The van der Waals surface area contributed by atoms with Crippen molar-refractivity contribution in [1.82, 2.24) is 10.2 Å². The van der Waals surface area contributed by atoms with Gasteiger partial charge in [-0.1, -0.05) is 54.6 Å². The van der Waals surface area contributed by atoms with Gasteiger partial charge in [0.15, 0.2) is 0 Å². The number of carbonyl (C=O) groups excluding carboxylic acids is 1. The average Bonchev–Trinajstić information content (AvgIpc) is 2.99. The van der Waals surface area contributed by atoms with Gasteiger partial charge in [0.2, 0.25) is 5.91 Å². The van der Waals surface area contributed by atoms with E-state index in [-0.39, 0.29) is 11.3 Å². The smallest absolute Gasteiger partial charge is 0.228 e. The van der Waals surface area contributed by atoms with Crippen molar-refractivity contribution < 1.29 is 4.79 Å². The van der Waals surface area contributed by atoms with E-state index in [2.05, 4.69) is 64.8 Å². The number of hydrogen-bond donors (Lipinski definition) is 1. The van der Waals surface area contributed by atoms with Gasteiger partial charge in [0.1, 0.15) is 0 Å². The molecule has 1 N–H and O–H groups in total. The van der Waals surface area contributed by atoms with Crippen molar-refractivity contribution in [2.45, 2.75) is 32.2 Å². The van der Waals surface area contributed by atoms with E-state index in [0.717, 1.165) is 45.3 Å². The van der Waals surface area contributed by atoms with Crippen LogP contribution in [0.25, 0.3) is 0 Å². The highest BCUT2D eigenvalue weighted by Gasteiger charge is 2.45. The molecule has 1 amide bonds. The molecule has 0 bridgehead atoms. The summed E-state index contributed by atoms with van der Waals surface area (Å²) in [6, 6.07) is 19.2. The minimum Gasteiger partial charge on any atom is -0.351 e. The molecule has 4 rings (SSSR count). The Morgan fingerprint density at radius 2 is 1.76 bits per heavy atom. The van der Waals surface area contributed by atoms with Gasteiger partial charge >= 0.3 is 0 Å². The molecule has 1 fully saturated rings. The maximum absolute atomic E-state index is 12.8. The van der Waals surface area contributed by atoms with Gasteiger partial charge in [-0.3, -0.25) is 4.79 Å². The molecule has 130 valence electrons. The second-order valence-electron chi connectivity index (χ2n) is 7.52. The fraction of sp³-hybridized carbons (Fsp3) is 0.409. The van der Waals surface area contributed by atoms with Crippen LogP contribution in [0.3, 0.4) is 0 Å². The molecule has 1 atom stereocenters. The quantitative estimate of drug-likeness (QED) is 0.931. The zero-order valence-electron chi connectivity index (χ0n) is 14.7. The zero-order chi connectivity index (χ0) is 17.1. The molecule has 2 heterocycles. The molecule has 1 spiro atoms. The number of benzene rings is 2. The van der Waals surface area contributed by atoms with Crippen molar-refractivity contribution in [2.24, 2.45) is 5.41 Å². The lowest BCUT2D eigenvalue weighted by atomic mass is 9.80. The largest absolute Gasteiger partial charge is 0.351 e. The van der Waals surface area contributed by atoms with E-state index >= 15 is 0 Å². The predicted molar refractivity (Wildman–Crippen MR) is 100 cm³/mol. The summed E-state index contributed by atoms with van der Waals surface area (Å²) in [6.07, 6.45) is 4.11. The third kappa shape index (κ3) is 3.47. The molecule has 2 aliphatic rings. The van der Waals surface area contributed by atoms with Crippen LogP contribution in [-0.4, -0.2) is 30.4 Å². The van der Waals surface area contributed by atoms with Crippen LogP contribution in [0.4, 0.5) is 0 Å². The molecule has 25 heavy (non-hydrogen) atoms. The first-order chi connectivity index (χ1) is 12.3. The summed E-state index contributed by atoms with van der Waals surface area (Å²) >= 11 is 0. The molecule has 0 aliphatic carbocycles. The van der Waals surface area contributed by atoms with Crippen LogP contribution in [0.5, 0.6) is 0 Å². The maximum Gasteiger partial charge on any atom is 0.228 e. The fourth-order valence-corrected chi connectivity index (χ4v) is 4.34. The minimum atomic E-state index is -0.237. The van der Waals surface area contributed by atoms with E-state index in [9.17, 15) is 4.79 Å². The van der Waals surface area contributed by atoms with Crippen molar-refractivity contribution in [1.29, 1.82) is 0 Å². The van der Waals surface area contributed by atoms with Crippen LogP contribution >= 0.6 is 0 Å². The highest BCUT2D eigenvalue weighted by molar-refractivity contribution is 5.84. The summed E-state index contributed by atoms with van der Waals surface area (Å²) in [6.45, 7) is 3.67. The van der Waals surface area contributed by atoms with E-state index in [1.165, 1.54) is 16.7 Å². The molecule has 0 radical (unpaired) electrons. The Labute approximate surface area is 150 Å². The fourth-order valence-electron chi connectivity index (χ4n) is 4.34. The first-order valence-corrected chi connectivity index (χ1v) is 9.37. The summed E-state index contributed by atoms with van der Waals surface area (Å²) < 4.78 is 0. The Kier molecular flexibility index (Phi) is 4.58. The Hall–Kier alpha value is -2.13. The van der Waals surface area contributed by atoms with Crippen molar-refractivity contribution in [2.75, 3.05) is 19.6 Å². The molecular weight excluding hydrogens is 308 g/mol. The Bertz CT molecular complexity index is 743. The van der Waals surface area contributed by atoms with Crippen molar-refractivity contribution >= 4 is 5.91 Å². The predicted octanol–water partition coefficient (Wildman–Crippen LogP) is 3.18. The van der Waals surface area contributed by atoms with E-state index in [1.807, 2.05) is 0 Å². The minimum absolute atomic E-state index is 0.237. The number of hydrogen-bond acceptors (Lipinski definition) is 2. The second kappa shape index (κ2) is 7.01. The van der Waals surface area contributed by atoms with Gasteiger partial charge in [-0.05, 0) is 55.5 Å². The van der Waals surface area contributed by atoms with Crippen molar-refractivity contribution in [3.63, 3.8) is 0 Å². The van der Waals surface area contributed by atoms with Gasteiger partial charge in [-0.15, -0.1) is 0 Å². The molecule has 0 saturated carbocycles. The lowest BCUT2D eigenvalue weighted by Crippen LogP contribution is -2.42. The topological polar surface area (TPSA) is 32.3 Å². The first-order valence-electron chi connectivity index (χ1n) is 9.37. The summed E-state index contributed by atoms with van der Waals surface area (Å²) in [7, 11) is 0. The standard InChI is InChI=1S/C22H26N2O/c25-21-22(15-19-10-4-5-11-20(19)16-23-21)12-14-24(17-22)13-6-9-18-7-2-1-3-8-18/h1-5,7-8,10-11H,6,9,12-17H2,(H,23,25). The van der Waals surface area contributed by atoms with Crippen LogP contribution in [-0.2, 0) is 24.2 Å². The molecule has 2 aromatic rings. The van der Waals surface area contributed by atoms with Gasteiger partial charge in [-0.25, -0.2) is 0 Å². The SMILES string of the molecule is O=C1NCc2ccccc2CC12CCN(CCCc1ccccc1)C2. The third-order valence-electron chi connectivity index (χ3n) is 5.78. The van der Waals surface area contributed by atoms with Gasteiger partial charge in [0.25, 0.3) is 0 Å². The highest BCUT2D eigenvalue weighted by Crippen LogP contribution is 2.37. The number of amides is 1. The van der Waals surface area contributed by atoms with E-state index < -0.39 is 0 Å². The molecule has 2 aliphatic heterocycles. The second-order valence-corrected chi connectivity index (χ2v) is 7.52. The highest BCUT2D eigenvalue weighted by atomic mass is 16.2. The summed E-state index contributed by atoms with van der Waals surface area (Å²) in [5.41, 5.74) is 3.78. The first kappa shape index (κ1) is 16.3. The van der Waals surface area contributed by atoms with Crippen LogP contribution in [0, 0.1) is 5.41 Å². The van der Waals surface area contributed by atoms with Crippen LogP contribution in [0.1, 0.15) is 29.5 Å². The number of fused-ring (bicyclic) bond motifs is 1. The molecule has 2 aromatic carbocycles. The molecule has 1 saturated heterocycles. The van der Waals surface area contributed by atoms with Gasteiger partial charge in [0, 0.05) is 13.1 Å². The number of rotatable bonds is 4. The van der Waals surface area contributed by atoms with Crippen molar-refractivity contribution in [3.05, 3.63) is 71.3 Å². The maximum atomic E-state index is 12.8. The van der Waals surface area contributed by atoms with Gasteiger partial charge in [0.05, 0.1) is 5.41 Å². The number of nitrogens with zero attached hydrogens (tertiary/aromatic N) is 1. The van der Waals surface area contributed by atoms with Crippen LogP contribution in [0.15, 0.2) is 54.6 Å². The normalized spacial score (nSPS) is 23.3. The number of aryl methyl sites for hydroxylation is 1. The summed E-state index contributed by atoms with van der Waals surface area (Å²) in [5, 5.41) is 3.17. The van der Waals surface area contributed by atoms with Crippen molar-refractivity contribution in [3.8, 4) is 0 Å². The van der Waals surface area contributed by atoms with E-state index in [1.54, 1.807) is 0 Å². The Morgan fingerprint density at radius 3 is 2.60 bits per heavy atom. The third-order valence-corrected chi connectivity index (χ3v) is 5.78. The van der Waals surface area contributed by atoms with Crippen LogP contribution < -0.4 is 5.32 Å². The lowest BCUT2D eigenvalue weighted by molar-refractivity contribution is -0.130. The number of likely N-dealkylation sites (tertiary alicyclic amines) is 1. The molecule has 0 aromatic heterocycles. The van der Waals surface area contributed by atoms with Gasteiger partial charge in [-0.2, -0.15) is 0 Å². The monoisotopic (exact) mass is 334 g/mol. The zero-order valence-corrected chi connectivity index (χ0v) is 14.7.